The van der Waals surface area contributed by atoms with Gasteiger partial charge in [0.2, 0.25) is 0 Å². The summed E-state index contributed by atoms with van der Waals surface area (Å²) in [5.74, 6) is -0.730. The number of pyridine rings is 3. The molecule has 12 heteroatoms. The van der Waals surface area contributed by atoms with Crippen LogP contribution in [0.1, 0.15) is 41.7 Å². The summed E-state index contributed by atoms with van der Waals surface area (Å²) in [5.41, 5.74) is 0.750. The maximum Gasteiger partial charge on any atom is 0.434 e. The molecule has 1 fully saturated rings. The highest BCUT2D eigenvalue weighted by Gasteiger charge is 2.38. The van der Waals surface area contributed by atoms with Crippen LogP contribution in [0.25, 0.3) is 27.8 Å². The summed E-state index contributed by atoms with van der Waals surface area (Å²) in [4.78, 5) is 38.6. The van der Waals surface area contributed by atoms with Gasteiger partial charge < -0.3 is 5.32 Å². The first kappa shape index (κ1) is 26.9. The molecular weight excluding hydrogens is 557 g/mol. The Morgan fingerprint density at radius 3 is 2.54 bits per heavy atom. The summed E-state index contributed by atoms with van der Waals surface area (Å²) >= 11 is 5.82. The van der Waals surface area contributed by atoms with Crippen molar-refractivity contribution in [1.82, 2.24) is 29.4 Å². The molecule has 41 heavy (non-hydrogen) atoms. The van der Waals surface area contributed by atoms with E-state index in [1.165, 1.54) is 0 Å². The molecule has 0 spiro atoms. The van der Waals surface area contributed by atoms with Crippen molar-refractivity contribution in [3.63, 3.8) is 0 Å². The van der Waals surface area contributed by atoms with Gasteiger partial charge in [0.25, 0.3) is 5.91 Å². The summed E-state index contributed by atoms with van der Waals surface area (Å²) in [5, 5.41) is 3.58. The minimum absolute atomic E-state index is 0.0505. The Labute approximate surface area is 236 Å². The molecule has 8 nitrogen and oxygen atoms in total. The third-order valence-corrected chi connectivity index (χ3v) is 7.73. The topological polar surface area (TPSA) is 94.7 Å². The predicted molar refractivity (Wildman–Crippen MR) is 148 cm³/mol. The molecule has 0 aliphatic heterocycles. The summed E-state index contributed by atoms with van der Waals surface area (Å²) in [6.45, 7) is 0.436. The van der Waals surface area contributed by atoms with Crippen LogP contribution in [0.4, 0.5) is 13.2 Å². The number of hydrogen-bond acceptors (Lipinski definition) is 5. The van der Waals surface area contributed by atoms with E-state index in [0.717, 1.165) is 23.2 Å². The van der Waals surface area contributed by atoms with Crippen molar-refractivity contribution in [2.45, 2.75) is 44.4 Å². The quantitative estimate of drug-likeness (QED) is 0.284. The zero-order valence-corrected chi connectivity index (χ0v) is 22.4. The Morgan fingerprint density at radius 1 is 1.00 bits per heavy atom. The van der Waals surface area contributed by atoms with E-state index in [2.05, 4.69) is 20.3 Å². The number of imidazole rings is 1. The Morgan fingerprint density at radius 2 is 1.76 bits per heavy atom. The summed E-state index contributed by atoms with van der Waals surface area (Å²) in [7, 11) is 0. The zero-order chi connectivity index (χ0) is 28.7. The molecule has 4 aromatic heterocycles. The van der Waals surface area contributed by atoms with E-state index in [1.54, 1.807) is 27.6 Å². The first-order valence-corrected chi connectivity index (χ1v) is 13.5. The molecule has 0 atom stereocenters. The molecular formula is C29H24ClF3N6O2. The van der Waals surface area contributed by atoms with E-state index in [1.807, 2.05) is 36.4 Å². The molecule has 1 saturated carbocycles. The molecule has 0 radical (unpaired) electrons. The first-order chi connectivity index (χ1) is 19.7. The third kappa shape index (κ3) is 5.29. The van der Waals surface area contributed by atoms with Crippen molar-refractivity contribution in [3.8, 4) is 5.69 Å². The van der Waals surface area contributed by atoms with Crippen molar-refractivity contribution in [2.75, 3.05) is 0 Å². The van der Waals surface area contributed by atoms with Gasteiger partial charge in [-0.3, -0.25) is 18.9 Å². The number of halogens is 4. The third-order valence-electron chi connectivity index (χ3n) is 7.52. The Bertz CT molecular complexity index is 1830. The van der Waals surface area contributed by atoms with Crippen LogP contribution in [0.2, 0.25) is 5.02 Å². The maximum atomic E-state index is 13.7. The van der Waals surface area contributed by atoms with Crippen LogP contribution in [0.15, 0.2) is 71.9 Å². The molecule has 1 amide bonds. The van der Waals surface area contributed by atoms with Crippen LogP contribution in [-0.2, 0) is 12.7 Å². The van der Waals surface area contributed by atoms with Crippen molar-refractivity contribution in [2.24, 2.45) is 5.92 Å². The summed E-state index contributed by atoms with van der Waals surface area (Å²) in [6.07, 6.45) is 1.94. The highest BCUT2D eigenvalue weighted by Crippen LogP contribution is 2.32. The van der Waals surface area contributed by atoms with Crippen LogP contribution in [0.5, 0.6) is 0 Å². The number of aromatic nitrogens is 5. The standard InChI is InChI=1S/C29H24ClF3N6O2/c30-19-14-22(25(36-15-19)29(31,32)33)27(40)37-20-7-5-17(6-8-20)16-38-26-24(4-2-12-35-26)39(28(38)41)21-9-10-23-18(13-21)3-1-11-34-23/h1-4,9-15,17,20H,5-8,16H2,(H,37,40)/t17-,20-. The lowest BCUT2D eigenvalue weighted by Crippen LogP contribution is -2.39. The van der Waals surface area contributed by atoms with E-state index in [-0.39, 0.29) is 22.7 Å². The Hall–Kier alpha value is -4.25. The smallest absolute Gasteiger partial charge is 0.349 e. The van der Waals surface area contributed by atoms with Crippen molar-refractivity contribution in [1.29, 1.82) is 0 Å². The number of fused-ring (bicyclic) bond motifs is 2. The Kier molecular flexibility index (Phi) is 6.98. The van der Waals surface area contributed by atoms with Crippen LogP contribution in [0, 0.1) is 5.92 Å². The van der Waals surface area contributed by atoms with Crippen LogP contribution in [-0.4, -0.2) is 36.0 Å². The van der Waals surface area contributed by atoms with Crippen LogP contribution in [0.3, 0.4) is 0 Å². The number of benzene rings is 1. The van der Waals surface area contributed by atoms with Gasteiger partial charge in [-0.25, -0.2) is 14.8 Å². The van der Waals surface area contributed by atoms with Crippen molar-refractivity contribution in [3.05, 3.63) is 93.9 Å². The fourth-order valence-corrected chi connectivity index (χ4v) is 5.71. The average Bonchev–Trinajstić information content (AvgIpc) is 3.23. The van der Waals surface area contributed by atoms with E-state index in [0.29, 0.717) is 49.1 Å². The normalized spacial score (nSPS) is 17.7. The zero-order valence-electron chi connectivity index (χ0n) is 21.6. The van der Waals surface area contributed by atoms with E-state index in [9.17, 15) is 22.8 Å². The van der Waals surface area contributed by atoms with Crippen LogP contribution >= 0.6 is 11.6 Å². The predicted octanol–water partition coefficient (Wildman–Crippen LogP) is 5.79. The molecule has 1 N–H and O–H groups in total. The number of alkyl halides is 3. The highest BCUT2D eigenvalue weighted by atomic mass is 35.5. The van der Waals surface area contributed by atoms with Gasteiger partial charge in [0, 0.05) is 36.6 Å². The largest absolute Gasteiger partial charge is 0.434 e. The van der Waals surface area contributed by atoms with Crippen LogP contribution < -0.4 is 11.0 Å². The molecule has 6 rings (SSSR count). The number of hydrogen-bond donors (Lipinski definition) is 1. The fourth-order valence-electron chi connectivity index (χ4n) is 5.55. The number of nitrogens with one attached hydrogen (secondary N) is 1. The van der Waals surface area contributed by atoms with Gasteiger partial charge in [-0.05, 0) is 74.1 Å². The molecule has 1 aromatic carbocycles. The highest BCUT2D eigenvalue weighted by molar-refractivity contribution is 6.30. The molecule has 210 valence electrons. The molecule has 0 saturated heterocycles. The molecule has 5 aromatic rings. The minimum atomic E-state index is -4.78. The molecule has 0 unspecified atom stereocenters. The van der Waals surface area contributed by atoms with Gasteiger partial charge >= 0.3 is 11.9 Å². The van der Waals surface area contributed by atoms with Gasteiger partial charge in [0.15, 0.2) is 11.3 Å². The van der Waals surface area contributed by atoms with Crippen molar-refractivity contribution < 1.29 is 18.0 Å². The van der Waals surface area contributed by atoms with Crippen molar-refractivity contribution >= 4 is 39.6 Å². The van der Waals surface area contributed by atoms with Gasteiger partial charge in [0.1, 0.15) is 0 Å². The number of nitrogens with zero attached hydrogens (tertiary/aromatic N) is 5. The van der Waals surface area contributed by atoms with E-state index >= 15 is 0 Å². The molecule has 0 bridgehead atoms. The number of rotatable bonds is 5. The second-order valence-corrected chi connectivity index (χ2v) is 10.6. The van der Waals surface area contributed by atoms with Gasteiger partial charge in [0.05, 0.1) is 27.3 Å². The fraction of sp³-hybridized carbons (Fsp3) is 0.276. The average molecular weight is 581 g/mol. The molecule has 1 aliphatic rings. The summed E-state index contributed by atoms with van der Waals surface area (Å²) in [6, 6.07) is 13.8. The maximum absolute atomic E-state index is 13.7. The molecule has 4 heterocycles. The lowest BCUT2D eigenvalue weighted by atomic mass is 9.85. The second kappa shape index (κ2) is 10.6. The SMILES string of the molecule is O=C(N[C@H]1CC[C@H](Cn2c(=O)n(-c3ccc4ncccc4c3)c3cccnc32)CC1)c1cc(Cl)cnc1C(F)(F)F. The summed E-state index contributed by atoms with van der Waals surface area (Å²) < 4.78 is 43.5. The van der Waals surface area contributed by atoms with Gasteiger partial charge in [-0.1, -0.05) is 17.7 Å². The molecule has 1 aliphatic carbocycles. The van der Waals surface area contributed by atoms with Gasteiger partial charge in [-0.15, -0.1) is 0 Å². The monoisotopic (exact) mass is 580 g/mol. The number of carbonyl (C=O) groups excluding carboxylic acids is 1. The van der Waals surface area contributed by atoms with E-state index < -0.39 is 23.3 Å². The number of amides is 1. The van der Waals surface area contributed by atoms with Gasteiger partial charge in [-0.2, -0.15) is 13.2 Å². The van der Waals surface area contributed by atoms with E-state index in [4.69, 9.17) is 11.6 Å². The second-order valence-electron chi connectivity index (χ2n) is 10.2. The number of carbonyl (C=O) groups is 1. The Balaban J connectivity index is 1.19. The lowest BCUT2D eigenvalue weighted by Gasteiger charge is -2.29. The first-order valence-electron chi connectivity index (χ1n) is 13.1. The minimum Gasteiger partial charge on any atom is -0.349 e. The lowest BCUT2D eigenvalue weighted by molar-refractivity contribution is -0.141.